The zero-order chi connectivity index (χ0) is 21.7. The number of nitrogens with zero attached hydrogens (tertiary/aromatic N) is 2. The Morgan fingerprint density at radius 2 is 1.47 bits per heavy atom. The van der Waals surface area contributed by atoms with Gasteiger partial charge in [-0.2, -0.15) is 0 Å². The highest BCUT2D eigenvalue weighted by atomic mass is 16.5. The molecular weight excluding hydrogens is 396 g/mol. The topological polar surface area (TPSA) is 37.6 Å². The van der Waals surface area contributed by atoms with Crippen LogP contribution >= 0.6 is 0 Å². The number of rotatable bonds is 3. The van der Waals surface area contributed by atoms with E-state index in [1.54, 1.807) is 13.2 Å². The quantitative estimate of drug-likeness (QED) is 0.355. The van der Waals surface area contributed by atoms with E-state index in [4.69, 9.17) is 4.74 Å². The summed E-state index contributed by atoms with van der Waals surface area (Å²) in [6.07, 6.45) is 0.965. The summed E-state index contributed by atoms with van der Waals surface area (Å²) < 4.78 is 7.74. The maximum absolute atomic E-state index is 10.4. The Balaban J connectivity index is 1.53. The first-order valence-electron chi connectivity index (χ1n) is 11.0. The van der Waals surface area contributed by atoms with E-state index in [1.165, 1.54) is 33.1 Å². The fourth-order valence-corrected chi connectivity index (χ4v) is 5.21. The lowest BCUT2D eigenvalue weighted by Gasteiger charge is -2.37. The van der Waals surface area contributed by atoms with Gasteiger partial charge in [-0.3, -0.25) is 0 Å². The molecular formula is C28H24N2O2. The number of ether oxygens (including phenoxy) is 1. The van der Waals surface area contributed by atoms with Crippen LogP contribution in [0.2, 0.25) is 0 Å². The summed E-state index contributed by atoms with van der Waals surface area (Å²) in [5.41, 5.74) is 5.97. The fourth-order valence-electron chi connectivity index (χ4n) is 5.21. The number of phenolic OH excluding ortho intramolecular Hbond substituents is 1. The molecule has 1 atom stereocenters. The zero-order valence-electron chi connectivity index (χ0n) is 17.9. The predicted octanol–water partition coefficient (Wildman–Crippen LogP) is 6.64. The normalized spacial score (nSPS) is 15.8. The fraction of sp³-hybridized carbons (Fsp3) is 0.143. The summed E-state index contributed by atoms with van der Waals surface area (Å²) in [6.45, 7) is 0.855. The molecule has 1 aliphatic heterocycles. The monoisotopic (exact) mass is 420 g/mol. The van der Waals surface area contributed by atoms with Crippen LogP contribution in [-0.2, 0) is 0 Å². The third kappa shape index (κ3) is 2.76. The van der Waals surface area contributed by atoms with E-state index in [1.807, 2.05) is 12.1 Å². The van der Waals surface area contributed by atoms with Gasteiger partial charge in [0.1, 0.15) is 0 Å². The van der Waals surface area contributed by atoms with Crippen LogP contribution in [-0.4, -0.2) is 23.3 Å². The maximum Gasteiger partial charge on any atom is 0.160 e. The van der Waals surface area contributed by atoms with Crippen LogP contribution in [0.1, 0.15) is 18.0 Å². The van der Waals surface area contributed by atoms with Crippen molar-refractivity contribution >= 4 is 33.2 Å². The van der Waals surface area contributed by atoms with E-state index in [9.17, 15) is 5.11 Å². The summed E-state index contributed by atoms with van der Waals surface area (Å²) in [6, 6.07) is 31.9. The van der Waals surface area contributed by atoms with Crippen molar-refractivity contribution < 1.29 is 9.84 Å². The van der Waals surface area contributed by atoms with Crippen LogP contribution in [0.3, 0.4) is 0 Å². The first-order valence-corrected chi connectivity index (χ1v) is 11.0. The number of methoxy groups -OCH3 is 1. The van der Waals surface area contributed by atoms with Crippen LogP contribution in [0, 0.1) is 0 Å². The number of hydrogen-bond donors (Lipinski definition) is 1. The molecule has 0 spiro atoms. The minimum Gasteiger partial charge on any atom is -0.504 e. The molecule has 32 heavy (non-hydrogen) atoms. The zero-order valence-corrected chi connectivity index (χ0v) is 17.9. The second-order valence-corrected chi connectivity index (χ2v) is 8.28. The third-order valence-electron chi connectivity index (χ3n) is 6.62. The number of hydrogen-bond acceptors (Lipinski definition) is 3. The highest BCUT2D eigenvalue weighted by molar-refractivity contribution is 6.08. The van der Waals surface area contributed by atoms with Gasteiger partial charge in [0.25, 0.3) is 0 Å². The lowest BCUT2D eigenvalue weighted by molar-refractivity contribution is 0.373. The number of phenols is 1. The van der Waals surface area contributed by atoms with Crippen molar-refractivity contribution in [1.29, 1.82) is 0 Å². The Kier molecular flexibility index (Phi) is 4.32. The number of anilines is 2. The maximum atomic E-state index is 10.4. The molecule has 1 aromatic heterocycles. The van der Waals surface area contributed by atoms with Gasteiger partial charge in [0.15, 0.2) is 11.5 Å². The molecule has 0 fully saturated rings. The van der Waals surface area contributed by atoms with Crippen LogP contribution in [0.4, 0.5) is 11.4 Å². The molecule has 5 aromatic rings. The molecule has 1 aliphatic rings. The molecule has 2 heterocycles. The molecule has 0 saturated carbocycles. The Bertz CT molecular complexity index is 1400. The van der Waals surface area contributed by atoms with Gasteiger partial charge in [0, 0.05) is 45.8 Å². The van der Waals surface area contributed by atoms with E-state index in [-0.39, 0.29) is 11.8 Å². The van der Waals surface area contributed by atoms with Crippen molar-refractivity contribution in [3.8, 4) is 11.5 Å². The number of para-hydroxylation sites is 3. The molecule has 0 radical (unpaired) electrons. The number of fused-ring (bicyclic) bond motifs is 4. The second-order valence-electron chi connectivity index (χ2n) is 8.28. The van der Waals surface area contributed by atoms with Gasteiger partial charge >= 0.3 is 0 Å². The summed E-state index contributed by atoms with van der Waals surface area (Å²) >= 11 is 0. The van der Waals surface area contributed by atoms with E-state index in [0.717, 1.165) is 18.7 Å². The highest BCUT2D eigenvalue weighted by Gasteiger charge is 2.29. The smallest absolute Gasteiger partial charge is 0.160 e. The lowest BCUT2D eigenvalue weighted by Crippen LogP contribution is -2.29. The van der Waals surface area contributed by atoms with E-state index >= 15 is 0 Å². The molecule has 158 valence electrons. The Hall–Kier alpha value is -3.92. The molecule has 4 nitrogen and oxygen atoms in total. The molecule has 0 aliphatic carbocycles. The number of benzene rings is 4. The van der Waals surface area contributed by atoms with Crippen molar-refractivity contribution in [1.82, 2.24) is 4.57 Å². The van der Waals surface area contributed by atoms with E-state index < -0.39 is 0 Å². The molecule has 0 saturated heterocycles. The van der Waals surface area contributed by atoms with E-state index in [0.29, 0.717) is 5.75 Å². The van der Waals surface area contributed by atoms with Crippen molar-refractivity contribution in [2.24, 2.45) is 0 Å². The highest BCUT2D eigenvalue weighted by Crippen LogP contribution is 2.44. The van der Waals surface area contributed by atoms with Gasteiger partial charge in [-0.05, 0) is 42.3 Å². The van der Waals surface area contributed by atoms with Gasteiger partial charge in [0.05, 0.1) is 13.2 Å². The summed E-state index contributed by atoms with van der Waals surface area (Å²) in [5.74, 6) is 0.647. The average Bonchev–Trinajstić information content (AvgIpc) is 3.18. The average molecular weight is 421 g/mol. The van der Waals surface area contributed by atoms with Gasteiger partial charge in [-0.15, -0.1) is 0 Å². The molecule has 0 bridgehead atoms. The Labute approximate surface area is 186 Å². The van der Waals surface area contributed by atoms with Crippen molar-refractivity contribution in [3.05, 3.63) is 96.6 Å². The lowest BCUT2D eigenvalue weighted by atomic mass is 9.95. The van der Waals surface area contributed by atoms with Crippen LogP contribution in [0.15, 0.2) is 91.0 Å². The summed E-state index contributed by atoms with van der Waals surface area (Å²) in [5, 5.41) is 12.9. The molecule has 4 aromatic carbocycles. The number of aromatic nitrogens is 1. The van der Waals surface area contributed by atoms with E-state index in [2.05, 4.69) is 82.3 Å². The van der Waals surface area contributed by atoms with Gasteiger partial charge in [-0.25, -0.2) is 0 Å². The van der Waals surface area contributed by atoms with Crippen molar-refractivity contribution in [3.63, 3.8) is 0 Å². The minimum atomic E-state index is 0.159. The summed E-state index contributed by atoms with van der Waals surface area (Å²) in [7, 11) is 1.57. The molecule has 4 heteroatoms. The predicted molar refractivity (Wildman–Crippen MR) is 130 cm³/mol. The van der Waals surface area contributed by atoms with Gasteiger partial charge < -0.3 is 19.3 Å². The Morgan fingerprint density at radius 3 is 2.16 bits per heavy atom. The third-order valence-corrected chi connectivity index (χ3v) is 6.62. The molecule has 1 N–H and O–H groups in total. The largest absolute Gasteiger partial charge is 0.504 e. The van der Waals surface area contributed by atoms with Gasteiger partial charge in [-0.1, -0.05) is 54.6 Å². The Morgan fingerprint density at radius 1 is 0.812 bits per heavy atom. The van der Waals surface area contributed by atoms with Crippen molar-refractivity contribution in [2.45, 2.75) is 12.5 Å². The minimum absolute atomic E-state index is 0.159. The first-order chi connectivity index (χ1) is 15.8. The summed E-state index contributed by atoms with van der Waals surface area (Å²) in [4.78, 5) is 2.29. The number of aromatic hydroxyl groups is 1. The molecule has 6 rings (SSSR count). The van der Waals surface area contributed by atoms with Crippen LogP contribution < -0.4 is 9.64 Å². The first kappa shape index (κ1) is 18.8. The van der Waals surface area contributed by atoms with Gasteiger partial charge in [0.2, 0.25) is 0 Å². The molecule has 1 unspecified atom stereocenters. The standard InChI is InChI=1S/C28H24N2O2/c1-32-28-15-14-19(18-27(28)31)29-17-16-26(22-10-4-5-11-23(22)29)30-24-12-6-2-8-20(24)21-9-3-7-13-25(21)30/h2-15,18,26,31H,16-17H2,1H3. The molecule has 0 amide bonds. The SMILES string of the molecule is COc1ccc(N2CCC(n3c4ccccc4c4ccccc43)c3ccccc32)cc1O. The van der Waals surface area contributed by atoms with Crippen LogP contribution in [0.5, 0.6) is 11.5 Å². The van der Waals surface area contributed by atoms with Crippen LogP contribution in [0.25, 0.3) is 21.8 Å². The van der Waals surface area contributed by atoms with Crippen molar-refractivity contribution in [2.75, 3.05) is 18.6 Å². The second kappa shape index (κ2) is 7.34.